The molecule has 0 radical (unpaired) electrons. The molecule has 0 spiro atoms. The predicted octanol–water partition coefficient (Wildman–Crippen LogP) is 3.33. The minimum Gasteiger partial charge on any atom is -0.496 e. The Bertz CT molecular complexity index is 927. The van der Waals surface area contributed by atoms with Crippen molar-refractivity contribution in [2.45, 2.75) is 32.4 Å². The van der Waals surface area contributed by atoms with Gasteiger partial charge in [0.2, 0.25) is 0 Å². The quantitative estimate of drug-likeness (QED) is 0.732. The highest BCUT2D eigenvalue weighted by molar-refractivity contribution is 7.09. The van der Waals surface area contributed by atoms with Gasteiger partial charge in [-0.3, -0.25) is 4.79 Å². The van der Waals surface area contributed by atoms with Gasteiger partial charge in [-0.05, 0) is 24.6 Å². The van der Waals surface area contributed by atoms with Gasteiger partial charge in [-0.25, -0.2) is 0 Å². The molecule has 3 rings (SSSR count). The Balaban J connectivity index is 2.02. The highest BCUT2D eigenvalue weighted by Crippen LogP contribution is 2.24. The van der Waals surface area contributed by atoms with E-state index in [0.717, 1.165) is 17.0 Å². The second kappa shape index (κ2) is 8.49. The fraction of sp³-hybridized carbons (Fsp3) is 0.389. The lowest BCUT2D eigenvalue weighted by Crippen LogP contribution is -2.21. The first-order valence-electron chi connectivity index (χ1n) is 8.22. The lowest BCUT2D eigenvalue weighted by atomic mass is 10.2. The number of ether oxygens (including phenoxy) is 2. The molecule has 0 saturated carbocycles. The number of halogens is 1. The van der Waals surface area contributed by atoms with E-state index >= 15 is 0 Å². The Morgan fingerprint density at radius 1 is 1.54 bits per heavy atom. The normalized spacial score (nSPS) is 14.0. The number of amides is 1. The average Bonchev–Trinajstić information content (AvgIpc) is 2.99. The molecule has 2 aromatic rings. The van der Waals surface area contributed by atoms with Crippen LogP contribution < -0.4 is 9.54 Å². The van der Waals surface area contributed by atoms with Crippen molar-refractivity contribution >= 4 is 28.8 Å². The first-order chi connectivity index (χ1) is 12.6. The molecule has 0 aliphatic carbocycles. The molecule has 8 heteroatoms. The minimum absolute atomic E-state index is 0.325. The number of benzene rings is 1. The van der Waals surface area contributed by atoms with Gasteiger partial charge < -0.3 is 14.0 Å². The summed E-state index contributed by atoms with van der Waals surface area (Å²) >= 11 is 7.47. The fourth-order valence-electron chi connectivity index (χ4n) is 2.84. The molecule has 0 N–H and O–H groups in total. The van der Waals surface area contributed by atoms with E-state index in [0.29, 0.717) is 53.7 Å². The van der Waals surface area contributed by atoms with E-state index in [2.05, 4.69) is 11.1 Å². The van der Waals surface area contributed by atoms with Crippen molar-refractivity contribution in [3.8, 4) is 11.8 Å². The first-order valence-corrected chi connectivity index (χ1v) is 9.42. The third-order valence-corrected chi connectivity index (χ3v) is 5.40. The van der Waals surface area contributed by atoms with Crippen molar-refractivity contribution in [3.05, 3.63) is 44.2 Å². The number of rotatable bonds is 5. The Labute approximate surface area is 160 Å². The number of hydrogen-bond acceptors (Lipinski definition) is 5. The van der Waals surface area contributed by atoms with Crippen LogP contribution in [0.5, 0.6) is 5.75 Å². The monoisotopic (exact) mass is 391 g/mol. The number of methoxy groups -OCH3 is 1. The molecule has 1 amide bonds. The molecule has 0 fully saturated rings. The van der Waals surface area contributed by atoms with Crippen molar-refractivity contribution < 1.29 is 14.3 Å². The van der Waals surface area contributed by atoms with Crippen LogP contribution >= 0.6 is 22.9 Å². The molecular weight excluding hydrogens is 374 g/mol. The Hall–Kier alpha value is -2.14. The van der Waals surface area contributed by atoms with Crippen molar-refractivity contribution in [3.63, 3.8) is 0 Å². The zero-order valence-electron chi connectivity index (χ0n) is 14.3. The van der Waals surface area contributed by atoms with E-state index in [9.17, 15) is 4.79 Å². The van der Waals surface area contributed by atoms with E-state index in [1.54, 1.807) is 18.2 Å². The van der Waals surface area contributed by atoms with Crippen molar-refractivity contribution in [1.82, 2.24) is 4.57 Å². The summed E-state index contributed by atoms with van der Waals surface area (Å²) in [6, 6.07) is 7.03. The molecule has 2 heterocycles. The molecule has 6 nitrogen and oxygen atoms in total. The fourth-order valence-corrected chi connectivity index (χ4v) is 4.14. The van der Waals surface area contributed by atoms with Crippen LogP contribution in [0.1, 0.15) is 33.8 Å². The van der Waals surface area contributed by atoms with Gasteiger partial charge in [0.1, 0.15) is 5.75 Å². The summed E-state index contributed by atoms with van der Waals surface area (Å²) in [5.74, 6) is 0.0294. The van der Waals surface area contributed by atoms with Crippen LogP contribution in [-0.2, 0) is 24.3 Å². The standard InChI is InChI=1S/C18H18ClN3O3S/c1-24-15-5-4-12(19)10-13(15)17(23)21-18-22(8-3-2-7-20)14-6-9-25-11-16(14)26-18/h4-5,10H,2-3,6,8-9,11H2,1H3. The number of fused-ring (bicyclic) bond motifs is 1. The van der Waals surface area contributed by atoms with Crippen LogP contribution in [0, 0.1) is 11.3 Å². The summed E-state index contributed by atoms with van der Waals surface area (Å²) < 4.78 is 12.8. The van der Waals surface area contributed by atoms with Crippen LogP contribution in [0.15, 0.2) is 23.2 Å². The molecule has 1 aromatic carbocycles. The number of thiazole rings is 1. The minimum atomic E-state index is -0.405. The van der Waals surface area contributed by atoms with Crippen LogP contribution in [-0.4, -0.2) is 24.2 Å². The lowest BCUT2D eigenvalue weighted by molar-refractivity contribution is 0.0994. The lowest BCUT2D eigenvalue weighted by Gasteiger charge is -2.14. The third kappa shape index (κ3) is 3.98. The number of hydrogen-bond donors (Lipinski definition) is 0. The molecule has 26 heavy (non-hydrogen) atoms. The highest BCUT2D eigenvalue weighted by atomic mass is 35.5. The number of unbranched alkanes of at least 4 members (excludes halogenated alkanes) is 1. The van der Waals surface area contributed by atoms with E-state index in [1.807, 2.05) is 4.57 Å². The number of nitrogens with zero attached hydrogens (tertiary/aromatic N) is 3. The molecule has 1 aliphatic rings. The first kappa shape index (κ1) is 18.6. The topological polar surface area (TPSA) is 76.6 Å². The van der Waals surface area contributed by atoms with Crippen molar-refractivity contribution in [2.24, 2.45) is 4.99 Å². The van der Waals surface area contributed by atoms with E-state index < -0.39 is 5.91 Å². The van der Waals surface area contributed by atoms with Gasteiger partial charge in [0.15, 0.2) is 4.80 Å². The number of carbonyl (C=O) groups excluding carboxylic acids is 1. The van der Waals surface area contributed by atoms with Gasteiger partial charge in [-0.15, -0.1) is 0 Å². The van der Waals surface area contributed by atoms with Crippen LogP contribution in [0.3, 0.4) is 0 Å². The van der Waals surface area contributed by atoms with Gasteiger partial charge in [0, 0.05) is 30.1 Å². The molecule has 1 aromatic heterocycles. The molecule has 136 valence electrons. The Morgan fingerprint density at radius 3 is 3.15 bits per heavy atom. The van der Waals surface area contributed by atoms with Gasteiger partial charge in [-0.2, -0.15) is 10.3 Å². The van der Waals surface area contributed by atoms with Crippen LogP contribution in [0.25, 0.3) is 0 Å². The summed E-state index contributed by atoms with van der Waals surface area (Å²) in [4.78, 5) is 18.8. The second-order valence-corrected chi connectivity index (χ2v) is 7.23. The molecule has 0 bridgehead atoms. The largest absolute Gasteiger partial charge is 0.496 e. The smallest absolute Gasteiger partial charge is 0.283 e. The summed E-state index contributed by atoms with van der Waals surface area (Å²) in [5.41, 5.74) is 1.47. The summed E-state index contributed by atoms with van der Waals surface area (Å²) in [5, 5.41) is 9.25. The van der Waals surface area contributed by atoms with E-state index in [-0.39, 0.29) is 0 Å². The maximum atomic E-state index is 12.7. The maximum Gasteiger partial charge on any atom is 0.283 e. The van der Waals surface area contributed by atoms with Gasteiger partial charge in [0.05, 0.1) is 36.8 Å². The maximum absolute atomic E-state index is 12.7. The van der Waals surface area contributed by atoms with Gasteiger partial charge in [-0.1, -0.05) is 22.9 Å². The molecule has 0 atom stereocenters. The third-order valence-electron chi connectivity index (χ3n) is 4.07. The van der Waals surface area contributed by atoms with E-state index in [1.165, 1.54) is 18.4 Å². The van der Waals surface area contributed by atoms with Gasteiger partial charge >= 0.3 is 0 Å². The SMILES string of the molecule is COc1ccc(Cl)cc1C(=O)N=c1sc2c(n1CCCC#N)CCOC2. The zero-order chi connectivity index (χ0) is 18.5. The molecule has 0 saturated heterocycles. The van der Waals surface area contributed by atoms with Crippen LogP contribution in [0.2, 0.25) is 5.02 Å². The summed E-state index contributed by atoms with van der Waals surface area (Å²) in [6.45, 7) is 1.83. The second-order valence-electron chi connectivity index (χ2n) is 5.73. The Kier molecular flexibility index (Phi) is 6.09. The molecule has 1 aliphatic heterocycles. The van der Waals surface area contributed by atoms with Crippen molar-refractivity contribution in [1.29, 1.82) is 5.26 Å². The molecule has 0 unspecified atom stereocenters. The number of carbonyl (C=O) groups is 1. The summed E-state index contributed by atoms with van der Waals surface area (Å²) in [7, 11) is 1.50. The average molecular weight is 392 g/mol. The predicted molar refractivity (Wildman–Crippen MR) is 98.4 cm³/mol. The van der Waals surface area contributed by atoms with Crippen LogP contribution in [0.4, 0.5) is 0 Å². The molecular formula is C18H18ClN3O3S. The Morgan fingerprint density at radius 2 is 2.38 bits per heavy atom. The number of nitriles is 1. The summed E-state index contributed by atoms with van der Waals surface area (Å²) in [6.07, 6.45) is 1.95. The van der Waals surface area contributed by atoms with Gasteiger partial charge in [0.25, 0.3) is 5.91 Å². The highest BCUT2D eigenvalue weighted by Gasteiger charge is 2.19. The zero-order valence-corrected chi connectivity index (χ0v) is 15.9. The van der Waals surface area contributed by atoms with E-state index in [4.69, 9.17) is 26.3 Å². The number of aromatic nitrogens is 1. The van der Waals surface area contributed by atoms with Crippen molar-refractivity contribution in [2.75, 3.05) is 13.7 Å².